The zero-order valence-electron chi connectivity index (χ0n) is 18.3. The number of ether oxygens (including phenoxy) is 1. The molecule has 2 aliphatic heterocycles. The van der Waals surface area contributed by atoms with E-state index >= 15 is 0 Å². The summed E-state index contributed by atoms with van der Waals surface area (Å²) in [7, 11) is 0. The van der Waals surface area contributed by atoms with Crippen molar-refractivity contribution in [1.82, 2.24) is 0 Å². The smallest absolute Gasteiger partial charge is 0.241 e. The fourth-order valence-electron chi connectivity index (χ4n) is 5.49. The molecule has 0 aromatic heterocycles. The molecular weight excluding hydrogens is 489 g/mol. The Kier molecular flexibility index (Phi) is 4.81. The van der Waals surface area contributed by atoms with Crippen LogP contribution >= 0.6 is 23.2 Å². The summed E-state index contributed by atoms with van der Waals surface area (Å²) in [6.45, 7) is 1.89. The van der Waals surface area contributed by atoms with E-state index in [2.05, 4.69) is 0 Å². The van der Waals surface area contributed by atoms with Crippen molar-refractivity contribution in [3.05, 3.63) is 99.0 Å². The van der Waals surface area contributed by atoms with Gasteiger partial charge in [-0.15, -0.1) is 0 Å². The van der Waals surface area contributed by atoms with Crippen LogP contribution in [-0.4, -0.2) is 29.0 Å². The van der Waals surface area contributed by atoms with Gasteiger partial charge in [0.1, 0.15) is 0 Å². The van der Waals surface area contributed by atoms with Gasteiger partial charge in [-0.3, -0.25) is 19.2 Å². The molecule has 2 heterocycles. The maximum Gasteiger partial charge on any atom is 0.241 e. The Labute approximate surface area is 210 Å². The standard InChI is InChI=1S/C27H17Cl2NO5/c1-13-9-11-14(12-10-13)30-25(33)19-20(26(30)34)27(23(31)15-5-2-3-6-16(15)24(27)32)35-22(19)17-7-4-8-18(28)21(17)29/h2-12,19-20,22H,1H3/t19-,20+,22-/m1/s1. The lowest BCUT2D eigenvalue weighted by atomic mass is 9.77. The minimum atomic E-state index is -2.16. The molecule has 6 nitrogen and oxygen atoms in total. The van der Waals surface area contributed by atoms with Crippen LogP contribution in [0.15, 0.2) is 66.7 Å². The molecule has 1 spiro atoms. The highest BCUT2D eigenvalue weighted by atomic mass is 35.5. The van der Waals surface area contributed by atoms with Crippen molar-refractivity contribution in [3.8, 4) is 0 Å². The normalized spacial score (nSPS) is 24.4. The van der Waals surface area contributed by atoms with Crippen LogP contribution in [0.4, 0.5) is 5.69 Å². The summed E-state index contributed by atoms with van der Waals surface area (Å²) >= 11 is 12.7. The number of amides is 2. The van der Waals surface area contributed by atoms with Crippen molar-refractivity contribution < 1.29 is 23.9 Å². The number of imide groups is 1. The first-order chi connectivity index (χ1) is 16.8. The van der Waals surface area contributed by atoms with E-state index in [0.717, 1.165) is 10.5 Å². The second-order valence-electron chi connectivity index (χ2n) is 8.97. The Hall–Kier alpha value is -3.32. The summed E-state index contributed by atoms with van der Waals surface area (Å²) in [5.74, 6) is -4.94. The first-order valence-corrected chi connectivity index (χ1v) is 11.8. The zero-order chi connectivity index (χ0) is 24.6. The number of carbonyl (C=O) groups is 4. The molecule has 1 aliphatic carbocycles. The van der Waals surface area contributed by atoms with Gasteiger partial charge in [-0.1, -0.05) is 77.3 Å². The van der Waals surface area contributed by atoms with Gasteiger partial charge in [0.05, 0.1) is 33.7 Å². The first-order valence-electron chi connectivity index (χ1n) is 11.0. The van der Waals surface area contributed by atoms with E-state index in [0.29, 0.717) is 11.3 Å². The van der Waals surface area contributed by atoms with Gasteiger partial charge in [-0.2, -0.15) is 0 Å². The largest absolute Gasteiger partial charge is 0.349 e. The molecule has 3 aromatic carbocycles. The number of aryl methyl sites for hydroxylation is 1. The number of anilines is 1. The maximum atomic E-state index is 13.9. The summed E-state index contributed by atoms with van der Waals surface area (Å²) in [4.78, 5) is 56.3. The van der Waals surface area contributed by atoms with Gasteiger partial charge in [-0.25, -0.2) is 4.90 Å². The summed E-state index contributed by atoms with van der Waals surface area (Å²) < 4.78 is 6.24. The number of hydrogen-bond acceptors (Lipinski definition) is 5. The topological polar surface area (TPSA) is 80.8 Å². The molecule has 3 aliphatic rings. The minimum absolute atomic E-state index is 0.138. The number of hydrogen-bond donors (Lipinski definition) is 0. The highest BCUT2D eigenvalue weighted by molar-refractivity contribution is 6.42. The van der Waals surface area contributed by atoms with Gasteiger partial charge in [0, 0.05) is 16.7 Å². The van der Waals surface area contributed by atoms with Crippen molar-refractivity contribution in [3.63, 3.8) is 0 Å². The molecule has 2 fully saturated rings. The second-order valence-corrected chi connectivity index (χ2v) is 9.76. The van der Waals surface area contributed by atoms with Gasteiger partial charge in [-0.05, 0) is 25.1 Å². The summed E-state index contributed by atoms with van der Waals surface area (Å²) in [5, 5.41) is 0.365. The molecule has 2 amide bonds. The monoisotopic (exact) mass is 505 g/mol. The molecule has 174 valence electrons. The third-order valence-corrected chi connectivity index (χ3v) is 7.93. The van der Waals surface area contributed by atoms with Crippen molar-refractivity contribution >= 4 is 52.3 Å². The van der Waals surface area contributed by atoms with Crippen molar-refractivity contribution in [2.45, 2.75) is 18.6 Å². The lowest BCUT2D eigenvalue weighted by Crippen LogP contribution is -2.51. The number of halogens is 2. The molecular formula is C27H17Cl2NO5. The number of Topliss-reactive ketones (excluding diaryl/α,β-unsaturated/α-hetero) is 2. The van der Waals surface area contributed by atoms with E-state index in [1.165, 1.54) is 12.1 Å². The Balaban J connectivity index is 1.57. The number of benzene rings is 3. The third kappa shape index (κ3) is 2.82. The highest BCUT2D eigenvalue weighted by Crippen LogP contribution is 2.58. The van der Waals surface area contributed by atoms with Crippen LogP contribution in [0.3, 0.4) is 0 Å². The third-order valence-electron chi connectivity index (χ3n) is 7.10. The zero-order valence-corrected chi connectivity index (χ0v) is 19.8. The second kappa shape index (κ2) is 7.59. The first kappa shape index (κ1) is 22.2. The quantitative estimate of drug-likeness (QED) is 0.361. The predicted molar refractivity (Wildman–Crippen MR) is 129 cm³/mol. The van der Waals surface area contributed by atoms with E-state index in [1.807, 2.05) is 6.92 Å². The summed E-state index contributed by atoms with van der Waals surface area (Å²) in [5.41, 5.74) is -0.160. The number of rotatable bonds is 2. The Morgan fingerprint density at radius 3 is 2.06 bits per heavy atom. The van der Waals surface area contributed by atoms with Crippen LogP contribution in [0.5, 0.6) is 0 Å². The van der Waals surface area contributed by atoms with Gasteiger partial charge in [0.25, 0.3) is 0 Å². The maximum absolute atomic E-state index is 13.9. The molecule has 3 atom stereocenters. The van der Waals surface area contributed by atoms with Crippen LogP contribution in [0, 0.1) is 18.8 Å². The fourth-order valence-corrected chi connectivity index (χ4v) is 5.90. The van der Waals surface area contributed by atoms with Gasteiger partial charge in [0.2, 0.25) is 29.0 Å². The van der Waals surface area contributed by atoms with Gasteiger partial charge >= 0.3 is 0 Å². The molecule has 2 saturated heterocycles. The number of ketones is 2. The van der Waals surface area contributed by atoms with Crippen LogP contribution in [0.25, 0.3) is 0 Å². The molecule has 8 heteroatoms. The minimum Gasteiger partial charge on any atom is -0.349 e. The molecule has 6 rings (SSSR count). The van der Waals surface area contributed by atoms with Gasteiger partial charge in [0.15, 0.2) is 0 Å². The lowest BCUT2D eigenvalue weighted by Gasteiger charge is -2.27. The fraction of sp³-hybridized carbons (Fsp3) is 0.185. The van der Waals surface area contributed by atoms with Crippen molar-refractivity contribution in [1.29, 1.82) is 0 Å². The van der Waals surface area contributed by atoms with E-state index in [1.54, 1.807) is 54.6 Å². The predicted octanol–water partition coefficient (Wildman–Crippen LogP) is 5.00. The van der Waals surface area contributed by atoms with Crippen LogP contribution in [0.2, 0.25) is 10.0 Å². The summed E-state index contributed by atoms with van der Waals surface area (Å²) in [6, 6.07) is 18.1. The lowest BCUT2D eigenvalue weighted by molar-refractivity contribution is -0.127. The Morgan fingerprint density at radius 1 is 0.800 bits per heavy atom. The molecule has 0 unspecified atom stereocenters. The number of fused-ring (bicyclic) bond motifs is 3. The molecule has 0 N–H and O–H groups in total. The SMILES string of the molecule is Cc1ccc(N2C(=O)[C@H]3[C@@H](c4cccc(Cl)c4Cl)OC4(C(=O)c5ccccc5C4=O)[C@@H]3C2=O)cc1. The van der Waals surface area contributed by atoms with Crippen LogP contribution < -0.4 is 4.90 Å². The van der Waals surface area contributed by atoms with E-state index in [4.69, 9.17) is 27.9 Å². The van der Waals surface area contributed by atoms with Crippen molar-refractivity contribution in [2.24, 2.45) is 11.8 Å². The summed E-state index contributed by atoms with van der Waals surface area (Å²) in [6.07, 6.45) is -1.12. The molecule has 35 heavy (non-hydrogen) atoms. The van der Waals surface area contributed by atoms with Crippen molar-refractivity contribution in [2.75, 3.05) is 4.90 Å². The van der Waals surface area contributed by atoms with Gasteiger partial charge < -0.3 is 4.74 Å². The molecule has 0 bridgehead atoms. The Bertz CT molecular complexity index is 1430. The molecule has 0 saturated carbocycles. The number of carbonyl (C=O) groups excluding carboxylic acids is 4. The number of nitrogens with zero attached hydrogens (tertiary/aromatic N) is 1. The van der Waals surface area contributed by atoms with E-state index < -0.39 is 46.9 Å². The molecule has 3 aromatic rings. The average Bonchev–Trinajstić information content (AvgIpc) is 3.42. The average molecular weight is 506 g/mol. The van der Waals surface area contributed by atoms with E-state index in [-0.39, 0.29) is 21.2 Å². The highest BCUT2D eigenvalue weighted by Gasteiger charge is 2.74. The Morgan fingerprint density at radius 2 is 1.43 bits per heavy atom. The molecule has 0 radical (unpaired) electrons. The van der Waals surface area contributed by atoms with E-state index in [9.17, 15) is 19.2 Å². The van der Waals surface area contributed by atoms with Crippen LogP contribution in [0.1, 0.15) is 37.9 Å². The van der Waals surface area contributed by atoms with Crippen LogP contribution in [-0.2, 0) is 14.3 Å².